The topological polar surface area (TPSA) is 68.2 Å². The van der Waals surface area contributed by atoms with Crippen LogP contribution in [0.1, 0.15) is 31.9 Å². The molecule has 0 unspecified atom stereocenters. The third-order valence-corrected chi connectivity index (χ3v) is 6.79. The predicted molar refractivity (Wildman–Crippen MR) is 108 cm³/mol. The molecule has 3 aromatic rings. The van der Waals surface area contributed by atoms with Gasteiger partial charge in [-0.1, -0.05) is 43.4 Å². The molecule has 0 aliphatic rings. The summed E-state index contributed by atoms with van der Waals surface area (Å²) in [5.41, 5.74) is 3.37. The molecule has 0 spiro atoms. The standard InChI is InChI=1S/C19H22N2O3S2/c1-4-13-8-7-9-14(5-2)18(13)20-26(23,24)15-10-11-16-17(12-15)25-19(22)21(16)6-3/h7-12,20H,4-6H2,1-3H3. The third-order valence-electron chi connectivity index (χ3n) is 4.50. The minimum atomic E-state index is -3.73. The van der Waals surface area contributed by atoms with Gasteiger partial charge in [0.25, 0.3) is 10.0 Å². The minimum absolute atomic E-state index is 0.0744. The van der Waals surface area contributed by atoms with Gasteiger partial charge < -0.3 is 0 Å². The van der Waals surface area contributed by atoms with E-state index < -0.39 is 10.0 Å². The minimum Gasteiger partial charge on any atom is -0.299 e. The summed E-state index contributed by atoms with van der Waals surface area (Å²) in [6, 6.07) is 10.7. The molecule has 0 radical (unpaired) electrons. The van der Waals surface area contributed by atoms with Gasteiger partial charge >= 0.3 is 4.87 Å². The van der Waals surface area contributed by atoms with Gasteiger partial charge in [0.1, 0.15) is 0 Å². The molecule has 2 aromatic carbocycles. The lowest BCUT2D eigenvalue weighted by molar-refractivity contribution is 0.601. The number of nitrogens with one attached hydrogen (secondary N) is 1. The summed E-state index contributed by atoms with van der Waals surface area (Å²) in [7, 11) is -3.73. The van der Waals surface area contributed by atoms with Gasteiger partial charge in [-0.3, -0.25) is 14.1 Å². The average Bonchev–Trinajstić information content (AvgIpc) is 2.95. The van der Waals surface area contributed by atoms with E-state index >= 15 is 0 Å². The first kappa shape index (κ1) is 18.7. The van der Waals surface area contributed by atoms with E-state index in [4.69, 9.17) is 0 Å². The van der Waals surface area contributed by atoms with Gasteiger partial charge in [0.15, 0.2) is 0 Å². The van der Waals surface area contributed by atoms with Crippen LogP contribution in [0.2, 0.25) is 0 Å². The van der Waals surface area contributed by atoms with Crippen LogP contribution in [0.5, 0.6) is 0 Å². The smallest absolute Gasteiger partial charge is 0.299 e. The number of aromatic nitrogens is 1. The van der Waals surface area contributed by atoms with Crippen molar-refractivity contribution in [2.24, 2.45) is 0 Å². The van der Waals surface area contributed by atoms with Crippen molar-refractivity contribution in [2.45, 2.75) is 45.1 Å². The van der Waals surface area contributed by atoms with Gasteiger partial charge in [0.2, 0.25) is 0 Å². The molecule has 1 heterocycles. The Labute approximate surface area is 157 Å². The number of sulfonamides is 1. The molecule has 0 fully saturated rings. The summed E-state index contributed by atoms with van der Waals surface area (Å²) in [6.07, 6.45) is 1.48. The van der Waals surface area contributed by atoms with Crippen molar-refractivity contribution in [1.82, 2.24) is 4.57 Å². The molecule has 0 aliphatic heterocycles. The largest absolute Gasteiger partial charge is 0.308 e. The quantitative estimate of drug-likeness (QED) is 0.691. The number of aryl methyl sites for hydroxylation is 3. The van der Waals surface area contributed by atoms with Crippen molar-refractivity contribution < 1.29 is 8.42 Å². The molecule has 138 valence electrons. The molecule has 3 rings (SSSR count). The van der Waals surface area contributed by atoms with Crippen LogP contribution in [0, 0.1) is 0 Å². The SMILES string of the molecule is CCc1cccc(CC)c1NS(=O)(=O)c1ccc2c(c1)sc(=O)n2CC. The molecule has 1 N–H and O–H groups in total. The number of para-hydroxylation sites is 1. The normalized spacial score (nSPS) is 11.8. The highest BCUT2D eigenvalue weighted by molar-refractivity contribution is 7.92. The van der Waals surface area contributed by atoms with Crippen molar-refractivity contribution in [3.63, 3.8) is 0 Å². The maximum Gasteiger partial charge on any atom is 0.308 e. The summed E-state index contributed by atoms with van der Waals surface area (Å²) < 4.78 is 31.0. The van der Waals surface area contributed by atoms with Crippen LogP contribution in [-0.4, -0.2) is 13.0 Å². The summed E-state index contributed by atoms with van der Waals surface area (Å²) in [6.45, 7) is 6.47. The highest BCUT2D eigenvalue weighted by Gasteiger charge is 2.19. The Morgan fingerprint density at radius 2 is 1.69 bits per heavy atom. The number of benzene rings is 2. The van der Waals surface area contributed by atoms with E-state index in [1.165, 1.54) is 0 Å². The van der Waals surface area contributed by atoms with Gasteiger partial charge in [0.05, 0.1) is 20.8 Å². The fourth-order valence-corrected chi connectivity index (χ4v) is 5.32. The van der Waals surface area contributed by atoms with E-state index in [1.807, 2.05) is 39.0 Å². The second-order valence-electron chi connectivity index (χ2n) is 6.01. The molecule has 0 saturated carbocycles. The first-order chi connectivity index (χ1) is 12.4. The molecular formula is C19H22N2O3S2. The van der Waals surface area contributed by atoms with Gasteiger partial charge in [-0.25, -0.2) is 8.42 Å². The number of rotatable bonds is 6. The molecule has 26 heavy (non-hydrogen) atoms. The second kappa shape index (κ2) is 7.25. The highest BCUT2D eigenvalue weighted by Crippen LogP contribution is 2.27. The first-order valence-corrected chi connectivity index (χ1v) is 11.0. The van der Waals surface area contributed by atoms with Crippen molar-refractivity contribution >= 4 is 37.3 Å². The van der Waals surface area contributed by atoms with Crippen LogP contribution in [0.25, 0.3) is 10.2 Å². The second-order valence-corrected chi connectivity index (χ2v) is 8.68. The number of anilines is 1. The molecule has 1 aromatic heterocycles. The van der Waals surface area contributed by atoms with Crippen LogP contribution in [0.3, 0.4) is 0 Å². The van der Waals surface area contributed by atoms with Gasteiger partial charge in [-0.05, 0) is 49.1 Å². The highest BCUT2D eigenvalue weighted by atomic mass is 32.2. The molecular weight excluding hydrogens is 368 g/mol. The van der Waals surface area contributed by atoms with Crippen molar-refractivity contribution in [3.05, 3.63) is 57.2 Å². The zero-order valence-electron chi connectivity index (χ0n) is 15.1. The number of fused-ring (bicyclic) bond motifs is 1. The van der Waals surface area contributed by atoms with Crippen molar-refractivity contribution in [1.29, 1.82) is 0 Å². The summed E-state index contributed by atoms with van der Waals surface area (Å²) in [5, 5.41) is 0. The fourth-order valence-electron chi connectivity index (χ4n) is 3.08. The molecule has 5 nitrogen and oxygen atoms in total. The van der Waals surface area contributed by atoms with Crippen molar-refractivity contribution in [3.8, 4) is 0 Å². The maximum atomic E-state index is 13.0. The van der Waals surface area contributed by atoms with Crippen LogP contribution in [-0.2, 0) is 29.4 Å². The third kappa shape index (κ3) is 3.29. The number of hydrogen-bond acceptors (Lipinski definition) is 4. The van der Waals surface area contributed by atoms with Crippen LogP contribution >= 0.6 is 11.3 Å². The Hall–Kier alpha value is -2.12. The van der Waals surface area contributed by atoms with Crippen LogP contribution in [0.4, 0.5) is 5.69 Å². The Bertz CT molecular complexity index is 1090. The van der Waals surface area contributed by atoms with Gasteiger partial charge in [0, 0.05) is 6.54 Å². The summed E-state index contributed by atoms with van der Waals surface area (Å²) in [4.78, 5) is 12.1. The van der Waals surface area contributed by atoms with E-state index in [9.17, 15) is 13.2 Å². The van der Waals surface area contributed by atoms with Crippen LogP contribution < -0.4 is 9.60 Å². The van der Waals surface area contributed by atoms with Crippen LogP contribution in [0.15, 0.2) is 46.1 Å². The average molecular weight is 391 g/mol. The lowest BCUT2D eigenvalue weighted by Crippen LogP contribution is -2.15. The number of nitrogens with zero attached hydrogens (tertiary/aromatic N) is 1. The van der Waals surface area contributed by atoms with E-state index in [-0.39, 0.29) is 9.77 Å². The molecule has 0 bridgehead atoms. The fraction of sp³-hybridized carbons (Fsp3) is 0.316. The lowest BCUT2D eigenvalue weighted by atomic mass is 10.0. The Morgan fingerprint density at radius 3 is 2.27 bits per heavy atom. The first-order valence-electron chi connectivity index (χ1n) is 8.68. The molecule has 0 amide bonds. The monoisotopic (exact) mass is 390 g/mol. The Morgan fingerprint density at radius 1 is 1.04 bits per heavy atom. The molecule has 0 atom stereocenters. The van der Waals surface area contributed by atoms with E-state index in [0.717, 1.165) is 40.8 Å². The number of hydrogen-bond donors (Lipinski definition) is 1. The molecule has 0 saturated heterocycles. The van der Waals surface area contributed by atoms with Gasteiger partial charge in [-0.15, -0.1) is 0 Å². The molecule has 7 heteroatoms. The predicted octanol–water partition coefficient (Wildman–Crippen LogP) is 4.01. The summed E-state index contributed by atoms with van der Waals surface area (Å²) >= 11 is 1.07. The summed E-state index contributed by atoms with van der Waals surface area (Å²) in [5.74, 6) is 0. The Kier molecular flexibility index (Phi) is 5.20. The molecule has 0 aliphatic carbocycles. The van der Waals surface area contributed by atoms with E-state index in [1.54, 1.807) is 22.8 Å². The van der Waals surface area contributed by atoms with E-state index in [2.05, 4.69) is 4.72 Å². The van der Waals surface area contributed by atoms with Crippen molar-refractivity contribution in [2.75, 3.05) is 4.72 Å². The van der Waals surface area contributed by atoms with E-state index in [0.29, 0.717) is 16.9 Å². The zero-order chi connectivity index (χ0) is 18.9. The lowest BCUT2D eigenvalue weighted by Gasteiger charge is -2.15. The maximum absolute atomic E-state index is 13.0. The number of thiazole rings is 1. The van der Waals surface area contributed by atoms with Gasteiger partial charge in [-0.2, -0.15) is 0 Å². The Balaban J connectivity index is 2.07. The zero-order valence-corrected chi connectivity index (χ0v) is 16.7.